The van der Waals surface area contributed by atoms with Gasteiger partial charge in [0, 0.05) is 22.6 Å². The van der Waals surface area contributed by atoms with Crippen molar-refractivity contribution in [2.75, 3.05) is 0 Å². The average molecular weight is 402 g/mol. The fraction of sp³-hybridized carbons (Fsp3) is 0.200. The van der Waals surface area contributed by atoms with Gasteiger partial charge >= 0.3 is 11.9 Å². The van der Waals surface area contributed by atoms with Gasteiger partial charge in [0.2, 0.25) is 0 Å². The van der Waals surface area contributed by atoms with Crippen LogP contribution >= 0.6 is 25.3 Å². The molecule has 5 nitrogen and oxygen atoms in total. The molecule has 0 fully saturated rings. The third-order valence-electron chi connectivity index (χ3n) is 3.75. The van der Waals surface area contributed by atoms with Crippen molar-refractivity contribution in [3.63, 3.8) is 0 Å². The number of Topliss-reactive ketones (excluding diaryl/α,β-unsaturated/α-hetero) is 2. The van der Waals surface area contributed by atoms with E-state index in [-0.39, 0.29) is 0 Å². The number of hydrogen-bond donors (Lipinski definition) is 2. The van der Waals surface area contributed by atoms with Crippen LogP contribution in [0.15, 0.2) is 48.5 Å². The summed E-state index contributed by atoms with van der Waals surface area (Å²) in [5.41, 5.74) is 2.55. The van der Waals surface area contributed by atoms with Crippen LogP contribution in [-0.2, 0) is 25.8 Å². The van der Waals surface area contributed by atoms with Crippen LogP contribution in [0, 0.1) is 0 Å². The van der Waals surface area contributed by atoms with Crippen LogP contribution in [0.5, 0.6) is 0 Å². The summed E-state index contributed by atoms with van der Waals surface area (Å²) in [4.78, 5) is 47.6. The number of hydrogen-bond acceptors (Lipinski definition) is 7. The van der Waals surface area contributed by atoms with Crippen LogP contribution in [0.1, 0.15) is 44.7 Å². The van der Waals surface area contributed by atoms with E-state index in [4.69, 9.17) is 0 Å². The fourth-order valence-electron chi connectivity index (χ4n) is 2.26. The van der Waals surface area contributed by atoms with Crippen molar-refractivity contribution in [2.45, 2.75) is 24.3 Å². The van der Waals surface area contributed by atoms with Crippen molar-refractivity contribution in [3.05, 3.63) is 70.8 Å². The normalized spacial score (nSPS) is 10.3. The van der Waals surface area contributed by atoms with Crippen molar-refractivity contribution in [2.24, 2.45) is 0 Å². The van der Waals surface area contributed by atoms with Gasteiger partial charge in [0.05, 0.1) is 0 Å². The van der Waals surface area contributed by atoms with Crippen molar-refractivity contribution >= 4 is 48.8 Å². The molecule has 140 valence electrons. The third kappa shape index (κ3) is 6.37. The van der Waals surface area contributed by atoms with Crippen molar-refractivity contribution in [3.8, 4) is 0 Å². The second-order valence-electron chi connectivity index (χ2n) is 5.76. The summed E-state index contributed by atoms with van der Waals surface area (Å²) in [6.07, 6.45) is -1.15. The summed E-state index contributed by atoms with van der Waals surface area (Å²) in [6.45, 7) is 0. The molecule has 0 unspecified atom stereocenters. The predicted octanol–water partition coefficient (Wildman–Crippen LogP) is 3.46. The highest BCUT2D eigenvalue weighted by Gasteiger charge is 2.19. The number of ether oxygens (including phenoxy) is 1. The minimum Gasteiger partial charge on any atom is -0.392 e. The summed E-state index contributed by atoms with van der Waals surface area (Å²) in [5.74, 6) is -1.82. The van der Waals surface area contributed by atoms with E-state index < -0.39 is 36.3 Å². The number of rotatable bonds is 8. The molecular formula is C20H18O5S2. The molecule has 27 heavy (non-hydrogen) atoms. The van der Waals surface area contributed by atoms with Crippen molar-refractivity contribution in [1.82, 2.24) is 0 Å². The molecule has 0 heterocycles. The number of thiol groups is 2. The molecule has 0 saturated carbocycles. The molecule has 0 aliphatic heterocycles. The highest BCUT2D eigenvalue weighted by Crippen LogP contribution is 2.11. The molecule has 0 saturated heterocycles. The average Bonchev–Trinajstić information content (AvgIpc) is 2.67. The molecule has 0 aliphatic rings. The van der Waals surface area contributed by atoms with Gasteiger partial charge in [0.1, 0.15) is 12.8 Å². The van der Waals surface area contributed by atoms with E-state index in [0.717, 1.165) is 11.1 Å². The number of ketones is 2. The number of carbonyl (C=O) groups excluding carboxylic acids is 4. The van der Waals surface area contributed by atoms with E-state index in [1.54, 1.807) is 48.5 Å². The molecule has 0 bridgehead atoms. The van der Waals surface area contributed by atoms with Gasteiger partial charge in [-0.3, -0.25) is 19.2 Å². The summed E-state index contributed by atoms with van der Waals surface area (Å²) in [6, 6.07) is 13.3. The molecule has 2 aromatic rings. The third-order valence-corrected chi connectivity index (χ3v) is 4.48. The lowest BCUT2D eigenvalue weighted by atomic mass is 10.1. The highest BCUT2D eigenvalue weighted by atomic mass is 32.1. The van der Waals surface area contributed by atoms with Crippen molar-refractivity contribution < 1.29 is 23.9 Å². The molecule has 2 aromatic carbocycles. The van der Waals surface area contributed by atoms with Crippen molar-refractivity contribution in [1.29, 1.82) is 0 Å². The lowest BCUT2D eigenvalue weighted by Crippen LogP contribution is -2.18. The smallest absolute Gasteiger partial charge is 0.321 e. The van der Waals surface area contributed by atoms with Gasteiger partial charge < -0.3 is 4.74 Å². The minimum absolute atomic E-state index is 0.338. The first-order chi connectivity index (χ1) is 12.9. The lowest BCUT2D eigenvalue weighted by molar-refractivity contribution is -0.158. The van der Waals surface area contributed by atoms with Crippen LogP contribution in [0.3, 0.4) is 0 Å². The standard InChI is InChI=1S/C20H18O5S2/c21-17(15-5-1-13(11-26)2-6-15)9-19(23)25-20(24)10-18(22)16-7-3-14(12-27)4-8-16/h1-8,26-27H,9-12H2. The predicted molar refractivity (Wildman–Crippen MR) is 107 cm³/mol. The van der Waals surface area contributed by atoms with Gasteiger partial charge in [-0.15, -0.1) is 0 Å². The second-order valence-corrected chi connectivity index (χ2v) is 6.39. The van der Waals surface area contributed by atoms with Crippen LogP contribution in [-0.4, -0.2) is 23.5 Å². The van der Waals surface area contributed by atoms with E-state index in [2.05, 4.69) is 30.0 Å². The van der Waals surface area contributed by atoms with E-state index in [0.29, 0.717) is 22.6 Å². The molecular weight excluding hydrogens is 384 g/mol. The van der Waals surface area contributed by atoms with Gasteiger partial charge in [0.25, 0.3) is 0 Å². The van der Waals surface area contributed by atoms with E-state index in [1.807, 2.05) is 0 Å². The first kappa shape index (κ1) is 20.9. The summed E-state index contributed by atoms with van der Waals surface area (Å²) >= 11 is 8.25. The Kier molecular flexibility index (Phi) is 7.82. The molecule has 0 amide bonds. The fourth-order valence-corrected chi connectivity index (χ4v) is 2.68. The minimum atomic E-state index is -0.985. The highest BCUT2D eigenvalue weighted by molar-refractivity contribution is 7.79. The van der Waals surface area contributed by atoms with Crippen LogP contribution in [0.4, 0.5) is 0 Å². The molecule has 0 atom stereocenters. The summed E-state index contributed by atoms with van der Waals surface area (Å²) in [5, 5.41) is 0. The molecule has 0 aromatic heterocycles. The lowest BCUT2D eigenvalue weighted by Gasteiger charge is -2.04. The Labute approximate surface area is 167 Å². The maximum absolute atomic E-state index is 12.0. The quantitative estimate of drug-likeness (QED) is 0.306. The second kappa shape index (κ2) is 10.1. The first-order valence-corrected chi connectivity index (χ1v) is 9.39. The molecule has 0 radical (unpaired) electrons. The van der Waals surface area contributed by atoms with E-state index >= 15 is 0 Å². The maximum atomic E-state index is 12.0. The largest absolute Gasteiger partial charge is 0.392 e. The molecule has 7 heteroatoms. The Hall–Kier alpha value is -2.38. The zero-order chi connectivity index (χ0) is 19.8. The maximum Gasteiger partial charge on any atom is 0.321 e. The van der Waals surface area contributed by atoms with Gasteiger partial charge in [-0.25, -0.2) is 0 Å². The van der Waals surface area contributed by atoms with E-state index in [9.17, 15) is 19.2 Å². The van der Waals surface area contributed by atoms with Crippen LogP contribution in [0.2, 0.25) is 0 Å². The number of esters is 2. The molecule has 2 rings (SSSR count). The SMILES string of the molecule is O=C(CC(=O)c1ccc(CS)cc1)OC(=O)CC(=O)c1ccc(CS)cc1. The van der Waals surface area contributed by atoms with E-state index in [1.165, 1.54) is 0 Å². The number of carbonyl (C=O) groups is 4. The van der Waals surface area contributed by atoms with Gasteiger partial charge in [0.15, 0.2) is 11.6 Å². The van der Waals surface area contributed by atoms with Crippen LogP contribution in [0.25, 0.3) is 0 Å². The van der Waals surface area contributed by atoms with Crippen LogP contribution < -0.4 is 0 Å². The molecule has 0 aliphatic carbocycles. The Morgan fingerprint density at radius 2 is 0.963 bits per heavy atom. The Morgan fingerprint density at radius 3 is 1.26 bits per heavy atom. The Bertz CT molecular complexity index is 770. The first-order valence-electron chi connectivity index (χ1n) is 8.12. The Morgan fingerprint density at radius 1 is 0.630 bits per heavy atom. The Balaban J connectivity index is 1.85. The summed E-state index contributed by atoms with van der Waals surface area (Å²) < 4.78 is 4.58. The van der Waals surface area contributed by atoms with Gasteiger partial charge in [-0.1, -0.05) is 48.5 Å². The molecule has 0 N–H and O–H groups in total. The van der Waals surface area contributed by atoms with Gasteiger partial charge in [-0.05, 0) is 11.1 Å². The monoisotopic (exact) mass is 402 g/mol. The topological polar surface area (TPSA) is 77.5 Å². The zero-order valence-electron chi connectivity index (χ0n) is 14.4. The number of benzene rings is 2. The summed E-state index contributed by atoms with van der Waals surface area (Å²) in [7, 11) is 0. The van der Waals surface area contributed by atoms with Gasteiger partial charge in [-0.2, -0.15) is 25.3 Å². The molecule has 0 spiro atoms. The zero-order valence-corrected chi connectivity index (χ0v) is 16.2.